The minimum absolute atomic E-state index is 0.00490. The van der Waals surface area contributed by atoms with Crippen LogP contribution < -0.4 is 21.7 Å². The number of H-pyrrole nitrogens is 2. The van der Waals surface area contributed by atoms with E-state index in [0.717, 1.165) is 32.9 Å². The number of phenols is 1. The van der Waals surface area contributed by atoms with Gasteiger partial charge in [-0.25, -0.2) is 4.79 Å². The summed E-state index contributed by atoms with van der Waals surface area (Å²) in [6, 6.07) is 25.7. The van der Waals surface area contributed by atoms with Gasteiger partial charge in [0.15, 0.2) is 0 Å². The van der Waals surface area contributed by atoms with Crippen LogP contribution in [-0.2, 0) is 44.9 Å². The van der Waals surface area contributed by atoms with E-state index in [1.54, 1.807) is 48.8 Å². The first kappa shape index (κ1) is 35.4. The van der Waals surface area contributed by atoms with Crippen molar-refractivity contribution >= 4 is 45.5 Å². The maximum Gasteiger partial charge on any atom is 0.326 e. The number of hydrogen-bond acceptors (Lipinski definition) is 6. The molecule has 4 atom stereocenters. The number of carbonyl (C=O) groups excluding carboxylic acids is 3. The van der Waals surface area contributed by atoms with Gasteiger partial charge < -0.3 is 41.9 Å². The fourth-order valence-electron chi connectivity index (χ4n) is 6.31. The molecule has 0 bridgehead atoms. The number of amides is 3. The summed E-state index contributed by atoms with van der Waals surface area (Å²) in [7, 11) is 0. The third-order valence-corrected chi connectivity index (χ3v) is 9.09. The highest BCUT2D eigenvalue weighted by Crippen LogP contribution is 2.21. The Kier molecular flexibility index (Phi) is 11.0. The van der Waals surface area contributed by atoms with Crippen molar-refractivity contribution in [1.29, 1.82) is 0 Å². The molecule has 6 aromatic rings. The van der Waals surface area contributed by atoms with Gasteiger partial charge in [-0.05, 0) is 52.9 Å². The lowest BCUT2D eigenvalue weighted by Gasteiger charge is -2.25. The average molecular weight is 701 g/mol. The summed E-state index contributed by atoms with van der Waals surface area (Å²) >= 11 is 0. The van der Waals surface area contributed by atoms with Crippen LogP contribution in [0.5, 0.6) is 5.75 Å². The number of phenolic OH excluding ortho intramolecular Hbond substituents is 1. The molecule has 3 amide bonds. The number of carbonyl (C=O) groups is 4. The van der Waals surface area contributed by atoms with E-state index in [1.807, 2.05) is 54.6 Å². The number of fused-ring (bicyclic) bond motifs is 2. The molecular weight excluding hydrogens is 660 g/mol. The summed E-state index contributed by atoms with van der Waals surface area (Å²) in [4.78, 5) is 60.2. The summed E-state index contributed by atoms with van der Waals surface area (Å²) < 4.78 is 0. The van der Waals surface area contributed by atoms with Crippen molar-refractivity contribution in [2.45, 2.75) is 49.9 Å². The van der Waals surface area contributed by atoms with Crippen LogP contribution >= 0.6 is 0 Å². The minimum Gasteiger partial charge on any atom is -0.508 e. The van der Waals surface area contributed by atoms with Gasteiger partial charge in [0.25, 0.3) is 0 Å². The van der Waals surface area contributed by atoms with Crippen LogP contribution in [0.25, 0.3) is 21.8 Å². The van der Waals surface area contributed by atoms with Crippen LogP contribution in [0.4, 0.5) is 0 Å². The number of nitrogens with two attached hydrogens (primary N) is 1. The van der Waals surface area contributed by atoms with E-state index in [-0.39, 0.29) is 31.4 Å². The van der Waals surface area contributed by atoms with Gasteiger partial charge in [-0.15, -0.1) is 0 Å². The fraction of sp³-hybridized carbons (Fsp3) is 0.200. The van der Waals surface area contributed by atoms with Crippen molar-refractivity contribution in [2.75, 3.05) is 0 Å². The quantitative estimate of drug-likeness (QED) is 0.0801. The lowest BCUT2D eigenvalue weighted by Crippen LogP contribution is -2.58. The average Bonchev–Trinajstić information content (AvgIpc) is 3.75. The summed E-state index contributed by atoms with van der Waals surface area (Å²) in [5, 5.41) is 29.9. The smallest absolute Gasteiger partial charge is 0.326 e. The second-order valence-corrected chi connectivity index (χ2v) is 12.8. The number of para-hydroxylation sites is 2. The van der Waals surface area contributed by atoms with E-state index in [9.17, 15) is 29.4 Å². The molecule has 0 saturated heterocycles. The maximum atomic E-state index is 14.1. The summed E-state index contributed by atoms with van der Waals surface area (Å²) in [5.74, 6) is -3.13. The molecule has 2 aromatic heterocycles. The Morgan fingerprint density at radius 3 is 1.58 bits per heavy atom. The Labute approximate surface area is 299 Å². The monoisotopic (exact) mass is 700 g/mol. The molecule has 0 aliphatic rings. The maximum absolute atomic E-state index is 14.1. The molecule has 4 aromatic carbocycles. The molecule has 2 heterocycles. The second-order valence-electron chi connectivity index (χ2n) is 12.8. The lowest BCUT2D eigenvalue weighted by molar-refractivity contribution is -0.142. The van der Waals surface area contributed by atoms with Crippen LogP contribution in [0.15, 0.2) is 116 Å². The van der Waals surface area contributed by atoms with Crippen molar-refractivity contribution in [1.82, 2.24) is 25.9 Å². The van der Waals surface area contributed by atoms with Crippen LogP contribution in [0, 0.1) is 0 Å². The Morgan fingerprint density at radius 1 is 0.558 bits per heavy atom. The summed E-state index contributed by atoms with van der Waals surface area (Å²) in [6.07, 6.45) is 3.80. The number of aromatic hydroxyl groups is 1. The first-order valence-electron chi connectivity index (χ1n) is 17.0. The first-order chi connectivity index (χ1) is 25.1. The van der Waals surface area contributed by atoms with Gasteiger partial charge in [0, 0.05) is 53.5 Å². The van der Waals surface area contributed by atoms with E-state index in [4.69, 9.17) is 5.73 Å². The van der Waals surface area contributed by atoms with Gasteiger partial charge in [-0.2, -0.15) is 0 Å². The Balaban J connectivity index is 1.22. The zero-order valence-corrected chi connectivity index (χ0v) is 28.2. The highest BCUT2D eigenvalue weighted by Gasteiger charge is 2.31. The zero-order valence-electron chi connectivity index (χ0n) is 28.2. The first-order valence-corrected chi connectivity index (χ1v) is 17.0. The molecule has 12 heteroatoms. The third-order valence-electron chi connectivity index (χ3n) is 9.09. The Bertz CT molecular complexity index is 2180. The molecule has 0 aliphatic carbocycles. The number of carboxylic acids is 1. The SMILES string of the molecule is NC(Cc1c[nH]c2ccccc12)C(=O)NC(Cc1ccc(O)cc1)C(=O)NC(Cc1ccccc1)C(=O)NC(Cc1c[nH]c2ccccc12)C(=O)O. The van der Waals surface area contributed by atoms with E-state index in [2.05, 4.69) is 25.9 Å². The van der Waals surface area contributed by atoms with Crippen molar-refractivity contribution in [2.24, 2.45) is 5.73 Å². The van der Waals surface area contributed by atoms with E-state index >= 15 is 0 Å². The highest BCUT2D eigenvalue weighted by molar-refractivity contribution is 5.95. The summed E-state index contributed by atoms with van der Waals surface area (Å²) in [5.41, 5.74) is 11.0. The van der Waals surface area contributed by atoms with Crippen LogP contribution in [0.3, 0.4) is 0 Å². The van der Waals surface area contributed by atoms with Crippen LogP contribution in [-0.4, -0.2) is 68.0 Å². The highest BCUT2D eigenvalue weighted by atomic mass is 16.4. The molecule has 0 fully saturated rings. The van der Waals surface area contributed by atoms with Crippen molar-refractivity contribution in [3.05, 3.63) is 138 Å². The van der Waals surface area contributed by atoms with Gasteiger partial charge in [0.05, 0.1) is 6.04 Å². The second kappa shape index (κ2) is 16.1. The number of aromatic amines is 2. The van der Waals surface area contributed by atoms with Gasteiger partial charge in [-0.3, -0.25) is 14.4 Å². The topological polar surface area (TPSA) is 202 Å². The predicted molar refractivity (Wildman–Crippen MR) is 197 cm³/mol. The van der Waals surface area contributed by atoms with E-state index in [1.165, 1.54) is 12.1 Å². The molecular formula is C40H40N6O6. The van der Waals surface area contributed by atoms with Crippen molar-refractivity contribution in [3.8, 4) is 5.75 Å². The molecule has 0 spiro atoms. The predicted octanol–water partition coefficient (Wildman–Crippen LogP) is 3.49. The minimum atomic E-state index is -1.29. The number of hydrogen-bond donors (Lipinski definition) is 8. The number of rotatable bonds is 15. The van der Waals surface area contributed by atoms with Gasteiger partial charge in [0.2, 0.25) is 17.7 Å². The molecule has 9 N–H and O–H groups in total. The molecule has 0 saturated carbocycles. The number of aromatic nitrogens is 2. The number of benzene rings is 4. The van der Waals surface area contributed by atoms with Gasteiger partial charge in [-0.1, -0.05) is 78.9 Å². The summed E-state index contributed by atoms with van der Waals surface area (Å²) in [6.45, 7) is 0. The molecule has 52 heavy (non-hydrogen) atoms. The zero-order chi connectivity index (χ0) is 36.6. The van der Waals surface area contributed by atoms with Crippen molar-refractivity contribution in [3.63, 3.8) is 0 Å². The normalized spacial score (nSPS) is 13.6. The standard InChI is InChI=1S/C40H40N6O6/c41-31(20-26-22-42-32-12-6-4-10-29(26)32)37(48)44-34(19-25-14-16-28(47)17-15-25)38(49)45-35(18-24-8-2-1-3-9-24)39(50)46-36(40(51)52)21-27-23-43-33-13-7-5-11-30(27)33/h1-17,22-23,31,34-36,42-43,47H,18-21,41H2,(H,44,48)(H,45,49)(H,46,50)(H,51,52). The Hall–Kier alpha value is -6.40. The number of carboxylic acid groups (broad SMARTS) is 1. The van der Waals surface area contributed by atoms with Gasteiger partial charge >= 0.3 is 5.97 Å². The molecule has 6 rings (SSSR count). The number of nitrogens with one attached hydrogen (secondary N) is 5. The van der Waals surface area contributed by atoms with Crippen molar-refractivity contribution < 1.29 is 29.4 Å². The van der Waals surface area contributed by atoms with E-state index < -0.39 is 47.9 Å². The Morgan fingerprint density at radius 2 is 1.02 bits per heavy atom. The molecule has 12 nitrogen and oxygen atoms in total. The largest absolute Gasteiger partial charge is 0.508 e. The molecule has 266 valence electrons. The number of aliphatic carboxylic acids is 1. The molecule has 0 aliphatic heterocycles. The molecule has 4 unspecified atom stereocenters. The lowest BCUT2D eigenvalue weighted by atomic mass is 10.0. The van der Waals surface area contributed by atoms with E-state index in [0.29, 0.717) is 11.1 Å². The van der Waals surface area contributed by atoms with Crippen LogP contribution in [0.1, 0.15) is 22.3 Å². The fourth-order valence-corrected chi connectivity index (χ4v) is 6.31. The molecule has 0 radical (unpaired) electrons. The van der Waals surface area contributed by atoms with Gasteiger partial charge in [0.1, 0.15) is 23.9 Å². The third kappa shape index (κ3) is 8.66. The van der Waals surface area contributed by atoms with Crippen LogP contribution in [0.2, 0.25) is 0 Å².